The Hall–Kier alpha value is -2.40. The molecular weight excluding hydrogens is 306 g/mol. The third kappa shape index (κ3) is 3.19. The number of phenols is 1. The summed E-state index contributed by atoms with van der Waals surface area (Å²) in [7, 11) is 0. The van der Waals surface area contributed by atoms with E-state index in [1.807, 2.05) is 12.1 Å². The third-order valence-corrected chi connectivity index (χ3v) is 4.30. The fourth-order valence-electron chi connectivity index (χ4n) is 2.78. The molecule has 1 aliphatic rings. The van der Waals surface area contributed by atoms with E-state index in [1.165, 1.54) is 5.56 Å². The molecule has 0 saturated carbocycles. The average Bonchev–Trinajstić information content (AvgIpc) is 3.01. The molecule has 0 unspecified atom stereocenters. The number of nitrogens with two attached hydrogens (primary N) is 1. The molecule has 1 aliphatic heterocycles. The number of aromatic hydroxyl groups is 1. The van der Waals surface area contributed by atoms with Gasteiger partial charge in [0.25, 0.3) is 0 Å². The van der Waals surface area contributed by atoms with Crippen LogP contribution in [0.25, 0.3) is 0 Å². The van der Waals surface area contributed by atoms with Crippen LogP contribution in [0.3, 0.4) is 0 Å². The molecule has 5 heteroatoms. The summed E-state index contributed by atoms with van der Waals surface area (Å²) in [6.45, 7) is 2.14. The van der Waals surface area contributed by atoms with Crippen molar-refractivity contribution in [2.24, 2.45) is 10.8 Å². The first kappa shape index (κ1) is 15.5. The first-order valence-corrected chi connectivity index (χ1v) is 8.03. The van der Waals surface area contributed by atoms with Gasteiger partial charge in [-0.2, -0.15) is 5.10 Å². The molecule has 3 N–H and O–H groups in total. The molecule has 0 bridgehead atoms. The van der Waals surface area contributed by atoms with Gasteiger partial charge < -0.3 is 10.8 Å². The summed E-state index contributed by atoms with van der Waals surface area (Å²) >= 11 is 5.16. The van der Waals surface area contributed by atoms with Gasteiger partial charge in [-0.25, -0.2) is 5.01 Å². The number of hydrogen-bond donors (Lipinski definition) is 2. The van der Waals surface area contributed by atoms with Gasteiger partial charge in [0.1, 0.15) is 5.75 Å². The minimum atomic E-state index is 0.0159. The molecule has 23 heavy (non-hydrogen) atoms. The molecule has 118 valence electrons. The van der Waals surface area contributed by atoms with Gasteiger partial charge in [0.2, 0.25) is 0 Å². The fraction of sp³-hybridized carbons (Fsp3) is 0.222. The highest BCUT2D eigenvalue weighted by Gasteiger charge is 2.30. The first-order valence-electron chi connectivity index (χ1n) is 7.63. The maximum atomic E-state index is 9.43. The molecule has 0 saturated heterocycles. The molecule has 0 spiro atoms. The summed E-state index contributed by atoms with van der Waals surface area (Å²) in [5.41, 5.74) is 10.2. The molecule has 0 fully saturated rings. The van der Waals surface area contributed by atoms with Crippen LogP contribution >= 0.6 is 12.2 Å². The van der Waals surface area contributed by atoms with Gasteiger partial charge in [-0.15, -0.1) is 0 Å². The minimum Gasteiger partial charge on any atom is -0.508 e. The molecule has 0 amide bonds. The van der Waals surface area contributed by atoms with Crippen molar-refractivity contribution < 1.29 is 5.11 Å². The molecule has 4 nitrogen and oxygen atoms in total. The van der Waals surface area contributed by atoms with Gasteiger partial charge in [-0.1, -0.05) is 31.2 Å². The quantitative estimate of drug-likeness (QED) is 0.850. The summed E-state index contributed by atoms with van der Waals surface area (Å²) in [5.74, 6) is 0.241. The SMILES string of the molecule is CCc1ccc([C@@H]2CC(c3ccc(O)cc3)=NN2C(N)=S)cc1. The second kappa shape index (κ2) is 6.38. The maximum absolute atomic E-state index is 9.43. The Kier molecular flexibility index (Phi) is 4.30. The maximum Gasteiger partial charge on any atom is 0.187 e. The molecule has 1 heterocycles. The van der Waals surface area contributed by atoms with Crippen LogP contribution in [0, 0.1) is 0 Å². The van der Waals surface area contributed by atoms with E-state index in [4.69, 9.17) is 18.0 Å². The lowest BCUT2D eigenvalue weighted by Crippen LogP contribution is -2.31. The topological polar surface area (TPSA) is 61.9 Å². The Morgan fingerprint density at radius 1 is 1.22 bits per heavy atom. The van der Waals surface area contributed by atoms with Gasteiger partial charge >= 0.3 is 0 Å². The van der Waals surface area contributed by atoms with Crippen molar-refractivity contribution in [3.63, 3.8) is 0 Å². The van der Waals surface area contributed by atoms with Crippen LogP contribution in [0.5, 0.6) is 5.75 Å². The molecule has 0 aromatic heterocycles. The number of phenolic OH excluding ortho intramolecular Hbond substituents is 1. The lowest BCUT2D eigenvalue weighted by molar-refractivity contribution is 0.372. The van der Waals surface area contributed by atoms with E-state index in [-0.39, 0.29) is 16.9 Å². The molecule has 0 radical (unpaired) electrons. The van der Waals surface area contributed by atoms with E-state index in [2.05, 4.69) is 36.3 Å². The van der Waals surface area contributed by atoms with Gasteiger partial charge in [0, 0.05) is 6.42 Å². The smallest absolute Gasteiger partial charge is 0.187 e. The highest BCUT2D eigenvalue weighted by atomic mass is 32.1. The zero-order valence-electron chi connectivity index (χ0n) is 12.9. The molecule has 1 atom stereocenters. The van der Waals surface area contributed by atoms with Crippen molar-refractivity contribution in [3.05, 3.63) is 65.2 Å². The van der Waals surface area contributed by atoms with Gasteiger partial charge in [-0.05, 0) is 59.6 Å². The van der Waals surface area contributed by atoms with Gasteiger partial charge in [-0.3, -0.25) is 0 Å². The second-order valence-corrected chi connectivity index (χ2v) is 6.01. The summed E-state index contributed by atoms with van der Waals surface area (Å²) in [6.07, 6.45) is 1.74. The lowest BCUT2D eigenvalue weighted by atomic mass is 9.97. The zero-order chi connectivity index (χ0) is 16.4. The van der Waals surface area contributed by atoms with Crippen molar-refractivity contribution in [1.29, 1.82) is 0 Å². The zero-order valence-corrected chi connectivity index (χ0v) is 13.8. The van der Waals surface area contributed by atoms with Gasteiger partial charge in [0.15, 0.2) is 5.11 Å². The highest BCUT2D eigenvalue weighted by molar-refractivity contribution is 7.80. The second-order valence-electron chi connectivity index (χ2n) is 5.59. The van der Waals surface area contributed by atoms with Crippen LogP contribution in [0.1, 0.15) is 36.1 Å². The number of thiocarbonyl (C=S) groups is 1. The Morgan fingerprint density at radius 2 is 1.87 bits per heavy atom. The van der Waals surface area contributed by atoms with Gasteiger partial charge in [0.05, 0.1) is 11.8 Å². The minimum absolute atomic E-state index is 0.0159. The normalized spacial score (nSPS) is 17.2. The Balaban J connectivity index is 1.90. The summed E-state index contributed by atoms with van der Waals surface area (Å²) in [6, 6.07) is 15.5. The average molecular weight is 325 g/mol. The number of hydrogen-bond acceptors (Lipinski definition) is 3. The predicted octanol–water partition coefficient (Wildman–Crippen LogP) is 3.35. The van der Waals surface area contributed by atoms with Crippen LogP contribution in [0.15, 0.2) is 53.6 Å². The number of rotatable bonds is 3. The Labute approximate surface area is 141 Å². The summed E-state index contributed by atoms with van der Waals surface area (Å²) < 4.78 is 0. The first-order chi connectivity index (χ1) is 11.1. The van der Waals surface area contributed by atoms with E-state index in [9.17, 15) is 5.11 Å². The standard InChI is InChI=1S/C18H19N3OS/c1-2-12-3-5-14(6-4-12)17-11-16(20-21(17)18(19)23)13-7-9-15(22)10-8-13/h3-10,17,22H,2,11H2,1H3,(H2,19,23)/t17-/m0/s1. The van der Waals surface area contributed by atoms with Crippen molar-refractivity contribution in [3.8, 4) is 5.75 Å². The molecule has 2 aromatic rings. The van der Waals surface area contributed by atoms with Crippen LogP contribution in [-0.2, 0) is 6.42 Å². The Bertz CT molecular complexity index is 738. The molecule has 0 aliphatic carbocycles. The Morgan fingerprint density at radius 3 is 2.43 bits per heavy atom. The lowest BCUT2D eigenvalue weighted by Gasteiger charge is -2.22. The van der Waals surface area contributed by atoms with E-state index in [0.717, 1.165) is 29.7 Å². The number of aryl methyl sites for hydroxylation is 1. The van der Waals surface area contributed by atoms with E-state index in [1.54, 1.807) is 17.1 Å². The van der Waals surface area contributed by atoms with E-state index in [0.29, 0.717) is 0 Å². The fourth-order valence-corrected chi connectivity index (χ4v) is 2.95. The predicted molar refractivity (Wildman–Crippen MR) is 96.4 cm³/mol. The molecular formula is C18H19N3OS. The number of benzene rings is 2. The molecule has 2 aromatic carbocycles. The van der Waals surface area contributed by atoms with Crippen molar-refractivity contribution in [2.75, 3.05) is 0 Å². The van der Waals surface area contributed by atoms with Crippen LogP contribution in [-0.4, -0.2) is 20.9 Å². The van der Waals surface area contributed by atoms with Crippen LogP contribution < -0.4 is 5.73 Å². The summed E-state index contributed by atoms with van der Waals surface area (Å²) in [5, 5.41) is 16.0. The highest BCUT2D eigenvalue weighted by Crippen LogP contribution is 2.33. The van der Waals surface area contributed by atoms with Crippen LogP contribution in [0.4, 0.5) is 0 Å². The number of nitrogens with zero attached hydrogens (tertiary/aromatic N) is 2. The molecule has 3 rings (SSSR count). The largest absolute Gasteiger partial charge is 0.508 e. The van der Waals surface area contributed by atoms with E-state index >= 15 is 0 Å². The van der Waals surface area contributed by atoms with Crippen molar-refractivity contribution in [2.45, 2.75) is 25.8 Å². The summed E-state index contributed by atoms with van der Waals surface area (Å²) in [4.78, 5) is 0. The number of hydrazone groups is 1. The van der Waals surface area contributed by atoms with E-state index < -0.39 is 0 Å². The van der Waals surface area contributed by atoms with Crippen molar-refractivity contribution >= 4 is 23.0 Å². The van der Waals surface area contributed by atoms with Crippen LogP contribution in [0.2, 0.25) is 0 Å². The van der Waals surface area contributed by atoms with Crippen molar-refractivity contribution in [1.82, 2.24) is 5.01 Å². The monoisotopic (exact) mass is 325 g/mol. The third-order valence-electron chi connectivity index (χ3n) is 4.11.